The van der Waals surface area contributed by atoms with E-state index < -0.39 is 0 Å². The average Bonchev–Trinajstić information content (AvgIpc) is 3.36. The number of hydrogen-bond acceptors (Lipinski definition) is 5. The van der Waals surface area contributed by atoms with Crippen LogP contribution >= 0.6 is 0 Å². The SMILES string of the molecule is CCc1cc2c(cc1N1CCC(C(C)C)(N3CCOCC3)CC1)C(C)(C)c1[nH]c3cc(C#N)ccc3c1C2=O. The Morgan fingerprint density at radius 2 is 1.79 bits per heavy atom. The number of hydrogen-bond donors (Lipinski definition) is 1. The Hall–Kier alpha value is -3.14. The molecule has 39 heavy (non-hydrogen) atoms. The van der Waals surface area contributed by atoms with Crippen molar-refractivity contribution in [2.75, 3.05) is 44.3 Å². The number of aromatic amines is 1. The maximum Gasteiger partial charge on any atom is 0.195 e. The summed E-state index contributed by atoms with van der Waals surface area (Å²) in [6, 6.07) is 12.3. The molecule has 0 unspecified atom stereocenters. The van der Waals surface area contributed by atoms with Gasteiger partial charge in [-0.25, -0.2) is 0 Å². The molecule has 1 N–H and O–H groups in total. The molecule has 2 aliphatic heterocycles. The summed E-state index contributed by atoms with van der Waals surface area (Å²) in [5, 5.41) is 10.3. The van der Waals surface area contributed by atoms with E-state index in [4.69, 9.17) is 4.74 Å². The number of benzene rings is 2. The van der Waals surface area contributed by atoms with E-state index in [0.29, 0.717) is 11.5 Å². The maximum absolute atomic E-state index is 14.0. The number of carbonyl (C=O) groups excluding carboxylic acids is 1. The third-order valence-corrected chi connectivity index (χ3v) is 9.98. The molecule has 0 radical (unpaired) electrons. The third kappa shape index (κ3) is 3.93. The van der Waals surface area contributed by atoms with Crippen LogP contribution in [0.25, 0.3) is 10.9 Å². The van der Waals surface area contributed by atoms with Gasteiger partial charge in [0.1, 0.15) is 0 Å². The fraction of sp³-hybridized carbons (Fsp3) is 0.515. The molecule has 0 amide bonds. The van der Waals surface area contributed by atoms with Crippen molar-refractivity contribution >= 4 is 22.4 Å². The predicted molar refractivity (Wildman–Crippen MR) is 156 cm³/mol. The van der Waals surface area contributed by atoms with Gasteiger partial charge in [-0.3, -0.25) is 9.69 Å². The minimum atomic E-state index is -0.364. The molecule has 0 bridgehead atoms. The van der Waals surface area contributed by atoms with Crippen LogP contribution in [0.5, 0.6) is 0 Å². The standard InChI is InChI=1S/C33H40N4O2/c1-6-23-18-25-26(32(4,5)31-29(30(25)38)24-8-7-22(20-34)17-27(24)35-31)19-28(23)36-11-9-33(10-12-36,21(2)3)37-13-15-39-16-14-37/h7-8,17-19,21,35H,6,9-16H2,1-5H3. The number of aryl methyl sites for hydroxylation is 1. The van der Waals surface area contributed by atoms with Crippen LogP contribution in [0.1, 0.15) is 85.8 Å². The van der Waals surface area contributed by atoms with Crippen molar-refractivity contribution in [1.29, 1.82) is 5.26 Å². The zero-order chi connectivity index (χ0) is 27.5. The van der Waals surface area contributed by atoms with E-state index in [-0.39, 0.29) is 16.7 Å². The van der Waals surface area contributed by atoms with Gasteiger partial charge in [0, 0.05) is 65.0 Å². The van der Waals surface area contributed by atoms with E-state index in [2.05, 4.69) is 67.6 Å². The third-order valence-electron chi connectivity index (χ3n) is 9.98. The lowest BCUT2D eigenvalue weighted by Crippen LogP contribution is -2.61. The van der Waals surface area contributed by atoms with Crippen LogP contribution in [-0.2, 0) is 16.6 Å². The van der Waals surface area contributed by atoms with E-state index in [1.54, 1.807) is 6.07 Å². The van der Waals surface area contributed by atoms with Gasteiger partial charge in [0.25, 0.3) is 0 Å². The largest absolute Gasteiger partial charge is 0.379 e. The van der Waals surface area contributed by atoms with Crippen LogP contribution in [0.15, 0.2) is 30.3 Å². The molecule has 3 aliphatic rings. The van der Waals surface area contributed by atoms with Crippen LogP contribution in [0.3, 0.4) is 0 Å². The topological polar surface area (TPSA) is 72.4 Å². The zero-order valence-corrected chi connectivity index (χ0v) is 24.0. The van der Waals surface area contributed by atoms with Crippen LogP contribution in [-0.4, -0.2) is 60.6 Å². The van der Waals surface area contributed by atoms with Crippen LogP contribution in [0, 0.1) is 17.2 Å². The van der Waals surface area contributed by atoms with Gasteiger partial charge in [-0.05, 0) is 60.6 Å². The first-order valence-corrected chi connectivity index (χ1v) is 14.6. The maximum atomic E-state index is 14.0. The number of H-pyrrole nitrogens is 1. The van der Waals surface area contributed by atoms with Gasteiger partial charge in [-0.2, -0.15) is 5.26 Å². The molecule has 6 rings (SSSR count). The van der Waals surface area contributed by atoms with Gasteiger partial charge in [0.05, 0.1) is 30.4 Å². The summed E-state index contributed by atoms with van der Waals surface area (Å²) in [7, 11) is 0. The predicted octanol–water partition coefficient (Wildman–Crippen LogP) is 5.80. The number of ketones is 1. The molecule has 2 fully saturated rings. The van der Waals surface area contributed by atoms with Crippen LogP contribution < -0.4 is 4.90 Å². The van der Waals surface area contributed by atoms with Gasteiger partial charge in [-0.15, -0.1) is 0 Å². The number of rotatable bonds is 4. The Kier molecular flexibility index (Phi) is 6.36. The molecular weight excluding hydrogens is 484 g/mol. The minimum absolute atomic E-state index is 0.0846. The van der Waals surface area contributed by atoms with E-state index in [0.717, 1.165) is 91.9 Å². The molecule has 2 aromatic carbocycles. The molecule has 2 saturated heterocycles. The second-order valence-corrected chi connectivity index (χ2v) is 12.4. The van der Waals surface area contributed by atoms with E-state index in [1.165, 1.54) is 11.3 Å². The fourth-order valence-electron chi connectivity index (χ4n) is 7.56. The summed E-state index contributed by atoms with van der Waals surface area (Å²) >= 11 is 0. The molecule has 6 heteroatoms. The van der Waals surface area contributed by atoms with E-state index in [9.17, 15) is 10.1 Å². The molecule has 0 saturated carbocycles. The van der Waals surface area contributed by atoms with Crippen LogP contribution in [0.2, 0.25) is 0 Å². The second kappa shape index (κ2) is 9.50. The number of anilines is 1. The summed E-state index contributed by atoms with van der Waals surface area (Å²) < 4.78 is 5.68. The first-order chi connectivity index (χ1) is 18.7. The number of nitrogens with one attached hydrogen (secondary N) is 1. The Morgan fingerprint density at radius 1 is 1.08 bits per heavy atom. The van der Waals surface area contributed by atoms with Crippen molar-refractivity contribution in [3.8, 4) is 6.07 Å². The molecule has 0 atom stereocenters. The molecule has 3 aromatic rings. The van der Waals surface area contributed by atoms with Crippen molar-refractivity contribution in [3.63, 3.8) is 0 Å². The quantitative estimate of drug-likeness (QED) is 0.467. The molecule has 6 nitrogen and oxygen atoms in total. The second-order valence-electron chi connectivity index (χ2n) is 12.4. The number of piperidine rings is 1. The molecule has 1 aliphatic carbocycles. The van der Waals surface area contributed by atoms with Crippen molar-refractivity contribution in [1.82, 2.24) is 9.88 Å². The van der Waals surface area contributed by atoms with E-state index >= 15 is 0 Å². The Balaban J connectivity index is 1.38. The number of morpholine rings is 1. The van der Waals surface area contributed by atoms with Gasteiger partial charge in [-0.1, -0.05) is 40.7 Å². The smallest absolute Gasteiger partial charge is 0.195 e. The molecule has 204 valence electrons. The van der Waals surface area contributed by atoms with Crippen molar-refractivity contribution in [3.05, 3.63) is 63.8 Å². The summed E-state index contributed by atoms with van der Waals surface area (Å²) in [4.78, 5) is 22.8. The van der Waals surface area contributed by atoms with Gasteiger partial charge < -0.3 is 14.6 Å². The first-order valence-electron chi connectivity index (χ1n) is 14.6. The van der Waals surface area contributed by atoms with Crippen molar-refractivity contribution < 1.29 is 9.53 Å². The highest BCUT2D eigenvalue weighted by molar-refractivity contribution is 6.20. The van der Waals surface area contributed by atoms with E-state index in [1.807, 2.05) is 12.1 Å². The summed E-state index contributed by atoms with van der Waals surface area (Å²) in [6.07, 6.45) is 3.17. The van der Waals surface area contributed by atoms with Gasteiger partial charge in [0.15, 0.2) is 5.78 Å². The lowest BCUT2D eigenvalue weighted by atomic mass is 9.70. The fourth-order valence-corrected chi connectivity index (χ4v) is 7.56. The lowest BCUT2D eigenvalue weighted by Gasteiger charge is -2.53. The minimum Gasteiger partial charge on any atom is -0.379 e. The lowest BCUT2D eigenvalue weighted by molar-refractivity contribution is -0.0522. The monoisotopic (exact) mass is 524 g/mol. The molecular formula is C33H40N4O2. The highest BCUT2D eigenvalue weighted by Gasteiger charge is 2.44. The van der Waals surface area contributed by atoms with Crippen molar-refractivity contribution in [2.45, 2.75) is 64.8 Å². The van der Waals surface area contributed by atoms with Crippen molar-refractivity contribution in [2.24, 2.45) is 5.92 Å². The normalized spacial score (nSPS) is 20.6. The number of nitrogens with zero attached hydrogens (tertiary/aromatic N) is 3. The number of aromatic nitrogens is 1. The Morgan fingerprint density at radius 3 is 2.44 bits per heavy atom. The molecule has 1 aromatic heterocycles. The summed E-state index contributed by atoms with van der Waals surface area (Å²) in [6.45, 7) is 17.1. The number of ether oxygens (including phenoxy) is 1. The first kappa shape index (κ1) is 26.1. The number of carbonyl (C=O) groups is 1. The Labute approximate surface area is 231 Å². The summed E-state index contributed by atoms with van der Waals surface area (Å²) in [5.41, 5.74) is 7.45. The average molecular weight is 525 g/mol. The highest BCUT2D eigenvalue weighted by Crippen LogP contribution is 2.46. The van der Waals surface area contributed by atoms with Gasteiger partial charge in [0.2, 0.25) is 0 Å². The van der Waals surface area contributed by atoms with Crippen LogP contribution in [0.4, 0.5) is 5.69 Å². The number of fused-ring (bicyclic) bond motifs is 4. The number of nitriles is 1. The zero-order valence-electron chi connectivity index (χ0n) is 24.0. The van der Waals surface area contributed by atoms with Gasteiger partial charge >= 0.3 is 0 Å². The molecule has 3 heterocycles. The highest BCUT2D eigenvalue weighted by atomic mass is 16.5. The Bertz CT molecular complexity index is 1480. The molecule has 0 spiro atoms. The summed E-state index contributed by atoms with van der Waals surface area (Å²) in [5.74, 6) is 0.673.